The highest BCUT2D eigenvalue weighted by Crippen LogP contribution is 2.34. The summed E-state index contributed by atoms with van der Waals surface area (Å²) < 4.78 is 7.65. The fourth-order valence-corrected chi connectivity index (χ4v) is 3.34. The summed E-state index contributed by atoms with van der Waals surface area (Å²) in [6.07, 6.45) is 2.72. The molecule has 6 heteroatoms. The Morgan fingerprint density at radius 2 is 2.22 bits per heavy atom. The minimum atomic E-state index is -0.989. The summed E-state index contributed by atoms with van der Waals surface area (Å²) in [5.74, 6) is -0.250. The second-order valence-corrected chi connectivity index (χ2v) is 5.78. The summed E-state index contributed by atoms with van der Waals surface area (Å²) in [7, 11) is 0. The van der Waals surface area contributed by atoms with Crippen LogP contribution >= 0.6 is 11.3 Å². The first-order chi connectivity index (χ1) is 11.1. The van der Waals surface area contributed by atoms with E-state index in [1.54, 1.807) is 6.08 Å². The standard InChI is InChI=1S/C17H16N2O3S/c1-3-22-14-7-5-4-6-12(14)16-13(8-9-15(20)21)19-11(2)10-23-17(19)18-16/h4-10H,3H2,1-2H3,(H,20,21)/b9-8+. The lowest BCUT2D eigenvalue weighted by Gasteiger charge is -2.09. The topological polar surface area (TPSA) is 63.8 Å². The fraction of sp³-hybridized carbons (Fsp3) is 0.176. The molecule has 5 nitrogen and oxygen atoms in total. The van der Waals surface area contributed by atoms with Gasteiger partial charge in [0, 0.05) is 22.7 Å². The van der Waals surface area contributed by atoms with Crippen LogP contribution in [0.4, 0.5) is 0 Å². The predicted molar refractivity (Wildman–Crippen MR) is 91.1 cm³/mol. The molecule has 0 bridgehead atoms. The summed E-state index contributed by atoms with van der Waals surface area (Å²) in [4.78, 5) is 16.4. The first-order valence-corrected chi connectivity index (χ1v) is 8.09. The molecule has 1 aromatic carbocycles. The van der Waals surface area contributed by atoms with Gasteiger partial charge >= 0.3 is 5.97 Å². The molecule has 0 spiro atoms. The van der Waals surface area contributed by atoms with E-state index in [9.17, 15) is 4.79 Å². The van der Waals surface area contributed by atoms with Gasteiger partial charge < -0.3 is 9.84 Å². The molecule has 0 amide bonds. The molecular formula is C17H16N2O3S. The summed E-state index contributed by atoms with van der Waals surface area (Å²) in [5.41, 5.74) is 3.34. The van der Waals surface area contributed by atoms with Crippen LogP contribution < -0.4 is 4.74 Å². The molecule has 0 saturated carbocycles. The summed E-state index contributed by atoms with van der Waals surface area (Å²) >= 11 is 1.53. The summed E-state index contributed by atoms with van der Waals surface area (Å²) in [6.45, 7) is 4.46. The fourth-order valence-electron chi connectivity index (χ4n) is 2.47. The number of fused-ring (bicyclic) bond motifs is 1. The van der Waals surface area contributed by atoms with Crippen LogP contribution in [-0.2, 0) is 4.79 Å². The normalized spacial score (nSPS) is 11.4. The van der Waals surface area contributed by atoms with Crippen LogP contribution in [0.1, 0.15) is 18.3 Å². The largest absolute Gasteiger partial charge is 0.493 e. The quantitative estimate of drug-likeness (QED) is 0.722. The van der Waals surface area contributed by atoms with Gasteiger partial charge in [0.2, 0.25) is 0 Å². The van der Waals surface area contributed by atoms with E-state index in [1.807, 2.05) is 47.9 Å². The van der Waals surface area contributed by atoms with Crippen LogP contribution in [0.5, 0.6) is 5.75 Å². The highest BCUT2D eigenvalue weighted by molar-refractivity contribution is 7.15. The van der Waals surface area contributed by atoms with Crippen LogP contribution in [-0.4, -0.2) is 27.1 Å². The van der Waals surface area contributed by atoms with E-state index >= 15 is 0 Å². The monoisotopic (exact) mass is 328 g/mol. The number of hydrogen-bond donors (Lipinski definition) is 1. The van der Waals surface area contributed by atoms with Crippen LogP contribution in [0.2, 0.25) is 0 Å². The van der Waals surface area contributed by atoms with Gasteiger partial charge in [-0.3, -0.25) is 4.40 Å². The minimum absolute atomic E-state index is 0.554. The number of benzene rings is 1. The molecule has 1 N–H and O–H groups in total. The Labute approximate surface area is 137 Å². The zero-order valence-corrected chi connectivity index (χ0v) is 13.6. The lowest BCUT2D eigenvalue weighted by atomic mass is 10.1. The Balaban J connectivity index is 2.25. The van der Waals surface area contributed by atoms with Crippen LogP contribution in [0, 0.1) is 6.92 Å². The van der Waals surface area contributed by atoms with E-state index in [0.717, 1.165) is 39.4 Å². The molecule has 23 heavy (non-hydrogen) atoms. The van der Waals surface area contributed by atoms with Crippen molar-refractivity contribution in [3.63, 3.8) is 0 Å². The van der Waals surface area contributed by atoms with Crippen molar-refractivity contribution in [3.05, 3.63) is 47.1 Å². The molecule has 0 fully saturated rings. The Hall–Kier alpha value is -2.60. The molecule has 0 unspecified atom stereocenters. The van der Waals surface area contributed by atoms with Gasteiger partial charge in [-0.2, -0.15) is 0 Å². The molecule has 2 aromatic heterocycles. The van der Waals surface area contributed by atoms with Crippen LogP contribution in [0.25, 0.3) is 22.3 Å². The molecule has 3 aromatic rings. The molecular weight excluding hydrogens is 312 g/mol. The highest BCUT2D eigenvalue weighted by atomic mass is 32.1. The Morgan fingerprint density at radius 3 is 2.96 bits per heavy atom. The average molecular weight is 328 g/mol. The van der Waals surface area contributed by atoms with Crippen molar-refractivity contribution in [1.82, 2.24) is 9.38 Å². The Bertz CT molecular complexity index is 893. The second kappa shape index (κ2) is 6.26. The zero-order chi connectivity index (χ0) is 16.4. The summed E-state index contributed by atoms with van der Waals surface area (Å²) in [6, 6.07) is 7.66. The molecule has 0 radical (unpaired) electrons. The molecule has 0 aliphatic heterocycles. The Kier molecular flexibility index (Phi) is 4.16. The lowest BCUT2D eigenvalue weighted by Crippen LogP contribution is -1.96. The van der Waals surface area contributed by atoms with E-state index in [4.69, 9.17) is 9.84 Å². The number of thiazole rings is 1. The maximum Gasteiger partial charge on any atom is 0.328 e. The summed E-state index contributed by atoms with van der Waals surface area (Å²) in [5, 5.41) is 11.0. The Morgan fingerprint density at radius 1 is 1.43 bits per heavy atom. The molecule has 3 rings (SSSR count). The highest BCUT2D eigenvalue weighted by Gasteiger charge is 2.18. The van der Waals surface area contributed by atoms with Crippen molar-refractivity contribution in [2.75, 3.05) is 6.61 Å². The van der Waals surface area contributed by atoms with Gasteiger partial charge in [-0.05, 0) is 32.1 Å². The van der Waals surface area contributed by atoms with Crippen molar-refractivity contribution in [1.29, 1.82) is 0 Å². The zero-order valence-electron chi connectivity index (χ0n) is 12.8. The third-order valence-electron chi connectivity index (χ3n) is 3.40. The van der Waals surface area contributed by atoms with Gasteiger partial charge in [0.25, 0.3) is 0 Å². The maximum atomic E-state index is 10.9. The van der Waals surface area contributed by atoms with Crippen molar-refractivity contribution >= 4 is 28.3 Å². The van der Waals surface area contributed by atoms with Crippen LogP contribution in [0.15, 0.2) is 35.7 Å². The van der Waals surface area contributed by atoms with Crippen molar-refractivity contribution in [3.8, 4) is 17.0 Å². The average Bonchev–Trinajstić information content (AvgIpc) is 3.06. The number of ether oxygens (including phenoxy) is 1. The number of aryl methyl sites for hydroxylation is 1. The van der Waals surface area contributed by atoms with E-state index in [0.29, 0.717) is 6.61 Å². The number of aliphatic carboxylic acids is 1. The number of aromatic nitrogens is 2. The molecule has 0 aliphatic rings. The maximum absolute atomic E-state index is 10.9. The number of hydrogen-bond acceptors (Lipinski definition) is 4. The van der Waals surface area contributed by atoms with E-state index in [1.165, 1.54) is 11.3 Å². The van der Waals surface area contributed by atoms with E-state index in [2.05, 4.69) is 4.98 Å². The van der Waals surface area contributed by atoms with E-state index < -0.39 is 5.97 Å². The number of para-hydroxylation sites is 1. The third-order valence-corrected chi connectivity index (χ3v) is 4.34. The predicted octanol–water partition coefficient (Wildman–Crippen LogP) is 3.87. The number of rotatable bonds is 5. The number of carbonyl (C=O) groups is 1. The van der Waals surface area contributed by atoms with Gasteiger partial charge in [0.05, 0.1) is 12.3 Å². The van der Waals surface area contributed by atoms with Gasteiger partial charge in [-0.15, -0.1) is 11.3 Å². The van der Waals surface area contributed by atoms with Gasteiger partial charge in [0.1, 0.15) is 11.4 Å². The smallest absolute Gasteiger partial charge is 0.328 e. The van der Waals surface area contributed by atoms with Crippen LogP contribution in [0.3, 0.4) is 0 Å². The van der Waals surface area contributed by atoms with Crippen molar-refractivity contribution in [2.24, 2.45) is 0 Å². The van der Waals surface area contributed by atoms with E-state index in [-0.39, 0.29) is 0 Å². The number of nitrogens with zero attached hydrogens (tertiary/aromatic N) is 2. The number of imidazole rings is 1. The molecule has 0 saturated heterocycles. The lowest BCUT2D eigenvalue weighted by molar-refractivity contribution is -0.131. The van der Waals surface area contributed by atoms with Crippen molar-refractivity contribution in [2.45, 2.75) is 13.8 Å². The third kappa shape index (κ3) is 2.85. The van der Waals surface area contributed by atoms with Gasteiger partial charge in [0.15, 0.2) is 4.96 Å². The first kappa shape index (κ1) is 15.3. The molecule has 2 heterocycles. The number of carboxylic acids is 1. The van der Waals surface area contributed by atoms with Gasteiger partial charge in [-0.1, -0.05) is 12.1 Å². The molecule has 118 valence electrons. The minimum Gasteiger partial charge on any atom is -0.493 e. The molecule has 0 aliphatic carbocycles. The molecule has 0 atom stereocenters. The van der Waals surface area contributed by atoms with Crippen molar-refractivity contribution < 1.29 is 14.6 Å². The number of carboxylic acid groups (broad SMARTS) is 1. The second-order valence-electron chi connectivity index (χ2n) is 4.94. The SMILES string of the molecule is CCOc1ccccc1-c1nc2scc(C)n2c1/C=C/C(=O)O. The van der Waals surface area contributed by atoms with Gasteiger partial charge in [-0.25, -0.2) is 9.78 Å². The first-order valence-electron chi connectivity index (χ1n) is 7.21.